The highest BCUT2D eigenvalue weighted by atomic mass is 16.5. The van der Waals surface area contributed by atoms with Crippen LogP contribution in [0.2, 0.25) is 0 Å². The number of likely N-dealkylation sites (tertiary alicyclic amines) is 1. The van der Waals surface area contributed by atoms with Crippen molar-refractivity contribution in [2.24, 2.45) is 11.8 Å². The van der Waals surface area contributed by atoms with Crippen molar-refractivity contribution in [3.8, 4) is 5.75 Å². The molecule has 3 aliphatic rings. The van der Waals surface area contributed by atoms with Crippen LogP contribution in [0.5, 0.6) is 5.75 Å². The van der Waals surface area contributed by atoms with Gasteiger partial charge in [0.05, 0.1) is 25.7 Å². The average Bonchev–Trinajstić information content (AvgIpc) is 3.39. The molecule has 1 aromatic carbocycles. The molecule has 0 saturated carbocycles. The Morgan fingerprint density at radius 1 is 1.16 bits per heavy atom. The molecule has 5 rings (SSSR count). The summed E-state index contributed by atoms with van der Waals surface area (Å²) in [5.74, 6) is 1.46. The highest BCUT2D eigenvalue weighted by Crippen LogP contribution is 2.34. The Morgan fingerprint density at radius 2 is 2.03 bits per heavy atom. The number of carbonyl (C=O) groups is 2. The van der Waals surface area contributed by atoms with Crippen molar-refractivity contribution >= 4 is 11.8 Å². The van der Waals surface area contributed by atoms with Crippen molar-refractivity contribution in [3.05, 3.63) is 59.4 Å². The van der Waals surface area contributed by atoms with Gasteiger partial charge in [-0.05, 0) is 42.2 Å². The maximum atomic E-state index is 12.9. The highest BCUT2D eigenvalue weighted by Gasteiger charge is 2.45. The Morgan fingerprint density at radius 3 is 2.90 bits per heavy atom. The van der Waals surface area contributed by atoms with Gasteiger partial charge in [0.2, 0.25) is 5.91 Å². The first kappa shape index (κ1) is 20.0. The summed E-state index contributed by atoms with van der Waals surface area (Å²) in [7, 11) is 0. The molecule has 4 heterocycles. The molecule has 7 nitrogen and oxygen atoms in total. The first-order chi connectivity index (χ1) is 15.2. The summed E-state index contributed by atoms with van der Waals surface area (Å²) in [4.78, 5) is 31.1. The molecule has 1 N–H and O–H groups in total. The molecule has 3 aliphatic heterocycles. The van der Waals surface area contributed by atoms with Crippen molar-refractivity contribution in [2.75, 3.05) is 32.8 Å². The van der Waals surface area contributed by atoms with Crippen LogP contribution in [0, 0.1) is 11.8 Å². The van der Waals surface area contributed by atoms with Gasteiger partial charge in [0.25, 0.3) is 5.91 Å². The fraction of sp³-hybridized carbons (Fsp3) is 0.458. The molecule has 0 bridgehead atoms. The average molecular weight is 421 g/mol. The molecule has 2 saturated heterocycles. The summed E-state index contributed by atoms with van der Waals surface area (Å²) < 4.78 is 11.6. The Hall–Kier alpha value is -2.93. The van der Waals surface area contributed by atoms with Crippen molar-refractivity contribution in [2.45, 2.75) is 25.4 Å². The van der Waals surface area contributed by atoms with Crippen LogP contribution in [-0.2, 0) is 22.4 Å². The number of rotatable bonds is 5. The molecular formula is C24H27N3O4. The number of hydrogen-bond acceptors (Lipinski definition) is 5. The van der Waals surface area contributed by atoms with Gasteiger partial charge in [-0.15, -0.1) is 0 Å². The minimum absolute atomic E-state index is 0.0590. The third kappa shape index (κ3) is 4.28. The van der Waals surface area contributed by atoms with E-state index in [9.17, 15) is 9.59 Å². The fourth-order valence-electron chi connectivity index (χ4n) is 4.85. The van der Waals surface area contributed by atoms with E-state index in [0.29, 0.717) is 38.2 Å². The molecule has 0 aliphatic carbocycles. The summed E-state index contributed by atoms with van der Waals surface area (Å²) in [6.07, 6.45) is 5.71. The number of ether oxygens (including phenoxy) is 2. The molecule has 162 valence electrons. The van der Waals surface area contributed by atoms with Gasteiger partial charge in [0.15, 0.2) is 0 Å². The molecule has 2 fully saturated rings. The van der Waals surface area contributed by atoms with Crippen LogP contribution >= 0.6 is 0 Å². The minimum Gasteiger partial charge on any atom is -0.493 e. The maximum absolute atomic E-state index is 12.9. The van der Waals surface area contributed by atoms with Crippen LogP contribution in [0.4, 0.5) is 0 Å². The van der Waals surface area contributed by atoms with E-state index in [4.69, 9.17) is 9.47 Å². The van der Waals surface area contributed by atoms with E-state index in [1.165, 1.54) is 5.56 Å². The molecule has 31 heavy (non-hydrogen) atoms. The van der Waals surface area contributed by atoms with E-state index >= 15 is 0 Å². The van der Waals surface area contributed by atoms with Gasteiger partial charge in [-0.3, -0.25) is 14.6 Å². The number of carbonyl (C=O) groups excluding carboxylic acids is 2. The predicted molar refractivity (Wildman–Crippen MR) is 114 cm³/mol. The summed E-state index contributed by atoms with van der Waals surface area (Å²) in [5.41, 5.74) is 2.83. The lowest BCUT2D eigenvalue weighted by molar-refractivity contribution is -0.130. The second-order valence-electron chi connectivity index (χ2n) is 8.61. The van der Waals surface area contributed by atoms with Crippen LogP contribution < -0.4 is 10.1 Å². The zero-order valence-electron chi connectivity index (χ0n) is 17.5. The molecule has 0 spiro atoms. The number of pyridine rings is 1. The zero-order valence-corrected chi connectivity index (χ0v) is 17.5. The lowest BCUT2D eigenvalue weighted by Crippen LogP contribution is -2.35. The Bertz CT molecular complexity index is 965. The van der Waals surface area contributed by atoms with Gasteiger partial charge in [-0.2, -0.15) is 0 Å². The zero-order chi connectivity index (χ0) is 21.2. The molecular weight excluding hydrogens is 394 g/mol. The van der Waals surface area contributed by atoms with E-state index in [1.807, 2.05) is 17.0 Å². The summed E-state index contributed by atoms with van der Waals surface area (Å²) in [6.45, 7) is 3.26. The van der Waals surface area contributed by atoms with Gasteiger partial charge in [-0.1, -0.05) is 12.1 Å². The molecule has 7 heteroatoms. The third-order valence-electron chi connectivity index (χ3n) is 6.59. The SMILES string of the molecule is O=C(NC[C@@H]1CO[C@@H]2CN(C(=O)Cc3ccc4c(c3)CCCO4)C[C@H]12)c1ccncc1. The van der Waals surface area contributed by atoms with E-state index in [2.05, 4.69) is 16.4 Å². The van der Waals surface area contributed by atoms with E-state index in [-0.39, 0.29) is 29.8 Å². The van der Waals surface area contributed by atoms with Crippen LogP contribution in [-0.4, -0.2) is 60.7 Å². The number of benzene rings is 1. The Labute approximate surface area is 181 Å². The van der Waals surface area contributed by atoms with Gasteiger partial charge in [0, 0.05) is 49.4 Å². The number of nitrogens with zero attached hydrogens (tertiary/aromatic N) is 2. The Balaban J connectivity index is 1.16. The normalized spacial score (nSPS) is 24.3. The predicted octanol–water partition coefficient (Wildman–Crippen LogP) is 1.85. The largest absolute Gasteiger partial charge is 0.493 e. The van der Waals surface area contributed by atoms with Crippen molar-refractivity contribution in [1.82, 2.24) is 15.2 Å². The van der Waals surface area contributed by atoms with E-state index in [1.54, 1.807) is 24.5 Å². The summed E-state index contributed by atoms with van der Waals surface area (Å²) in [6, 6.07) is 9.49. The topological polar surface area (TPSA) is 80.8 Å². The quantitative estimate of drug-likeness (QED) is 0.797. The first-order valence-electron chi connectivity index (χ1n) is 11.0. The second kappa shape index (κ2) is 8.67. The lowest BCUT2D eigenvalue weighted by atomic mass is 9.93. The third-order valence-corrected chi connectivity index (χ3v) is 6.59. The minimum atomic E-state index is -0.104. The van der Waals surface area contributed by atoms with Gasteiger partial charge in [-0.25, -0.2) is 0 Å². The van der Waals surface area contributed by atoms with E-state index in [0.717, 1.165) is 30.8 Å². The lowest BCUT2D eigenvalue weighted by Gasteiger charge is -2.21. The second-order valence-corrected chi connectivity index (χ2v) is 8.61. The fourth-order valence-corrected chi connectivity index (χ4v) is 4.85. The number of aromatic nitrogens is 1. The first-order valence-corrected chi connectivity index (χ1v) is 11.0. The van der Waals surface area contributed by atoms with Crippen molar-refractivity contribution in [3.63, 3.8) is 0 Å². The molecule has 3 atom stereocenters. The number of hydrogen-bond donors (Lipinski definition) is 1. The number of nitrogens with one attached hydrogen (secondary N) is 1. The molecule has 0 unspecified atom stereocenters. The van der Waals surface area contributed by atoms with Crippen LogP contribution in [0.25, 0.3) is 0 Å². The standard InChI is InChI=1S/C24H27N3O4/c28-23(11-16-3-4-21-18(10-16)2-1-9-30-21)27-13-20-19(15-31-22(20)14-27)12-26-24(29)17-5-7-25-8-6-17/h3-8,10,19-20,22H,1-2,9,11-15H2,(H,26,29)/t19-,20-,22-/m1/s1. The molecule has 0 radical (unpaired) electrons. The van der Waals surface area contributed by atoms with Crippen LogP contribution in [0.3, 0.4) is 0 Å². The molecule has 2 aromatic rings. The maximum Gasteiger partial charge on any atom is 0.251 e. The monoisotopic (exact) mass is 421 g/mol. The summed E-state index contributed by atoms with van der Waals surface area (Å²) >= 11 is 0. The Kier molecular flexibility index (Phi) is 5.59. The van der Waals surface area contributed by atoms with Gasteiger partial charge < -0.3 is 19.7 Å². The van der Waals surface area contributed by atoms with Crippen molar-refractivity contribution in [1.29, 1.82) is 0 Å². The molecule has 1 aromatic heterocycles. The number of fused-ring (bicyclic) bond motifs is 2. The van der Waals surface area contributed by atoms with Gasteiger partial charge in [0.1, 0.15) is 5.75 Å². The number of aryl methyl sites for hydroxylation is 1. The smallest absolute Gasteiger partial charge is 0.251 e. The highest BCUT2D eigenvalue weighted by molar-refractivity contribution is 5.93. The van der Waals surface area contributed by atoms with Gasteiger partial charge >= 0.3 is 0 Å². The van der Waals surface area contributed by atoms with Crippen LogP contribution in [0.1, 0.15) is 27.9 Å². The van der Waals surface area contributed by atoms with E-state index < -0.39 is 0 Å². The number of amides is 2. The van der Waals surface area contributed by atoms with Crippen molar-refractivity contribution < 1.29 is 19.1 Å². The molecule has 2 amide bonds. The summed E-state index contributed by atoms with van der Waals surface area (Å²) in [5, 5.41) is 3.00. The van der Waals surface area contributed by atoms with Crippen LogP contribution in [0.15, 0.2) is 42.7 Å².